The van der Waals surface area contributed by atoms with Crippen LogP contribution in [-0.2, 0) is 33.5 Å². The molecule has 0 fully saturated rings. The maximum Gasteiger partial charge on any atom is 0.416 e. The number of alkyl carbamates (subject to hydrolysis) is 1. The summed E-state index contributed by atoms with van der Waals surface area (Å²) in [6.07, 6.45) is -1.75. The molecular formula is C26H26F3N3O5. The Morgan fingerprint density at radius 2 is 1.76 bits per heavy atom. The molecule has 2 unspecified atom stereocenters. The highest BCUT2D eigenvalue weighted by Gasteiger charge is 2.29. The van der Waals surface area contributed by atoms with Gasteiger partial charge in [-0.1, -0.05) is 54.5 Å². The van der Waals surface area contributed by atoms with Crippen LogP contribution in [0.1, 0.15) is 42.3 Å². The van der Waals surface area contributed by atoms with E-state index in [9.17, 15) is 22.8 Å². The molecule has 1 amide bonds. The number of rotatable bonds is 10. The molecule has 0 aliphatic heterocycles. The molecule has 2 aromatic carbocycles. The Morgan fingerprint density at radius 1 is 1.05 bits per heavy atom. The molecule has 0 saturated carbocycles. The predicted octanol–water partition coefficient (Wildman–Crippen LogP) is 5.30. The summed E-state index contributed by atoms with van der Waals surface area (Å²) in [4.78, 5) is 27.9. The van der Waals surface area contributed by atoms with Gasteiger partial charge in [0, 0.05) is 19.4 Å². The van der Waals surface area contributed by atoms with Gasteiger partial charge in [-0.25, -0.2) is 4.79 Å². The molecule has 0 aliphatic rings. The predicted molar refractivity (Wildman–Crippen MR) is 128 cm³/mol. The van der Waals surface area contributed by atoms with Gasteiger partial charge < -0.3 is 19.3 Å². The summed E-state index contributed by atoms with van der Waals surface area (Å²) in [5, 5.41) is 6.62. The van der Waals surface area contributed by atoms with Crippen LogP contribution in [0.4, 0.5) is 18.0 Å². The molecule has 3 aromatic rings. The molecule has 37 heavy (non-hydrogen) atoms. The van der Waals surface area contributed by atoms with Gasteiger partial charge in [-0.05, 0) is 35.3 Å². The number of nitrogens with zero attached hydrogens (tertiary/aromatic N) is 2. The molecule has 1 N–H and O–H groups in total. The Bertz CT molecular complexity index is 1190. The van der Waals surface area contributed by atoms with Crippen LogP contribution in [0.15, 0.2) is 59.1 Å². The first-order chi connectivity index (χ1) is 17.6. The van der Waals surface area contributed by atoms with Gasteiger partial charge >= 0.3 is 18.2 Å². The smallest absolute Gasteiger partial charge is 0.416 e. The number of hydrogen-bond donors (Lipinski definition) is 1. The van der Waals surface area contributed by atoms with E-state index >= 15 is 0 Å². The summed E-state index contributed by atoms with van der Waals surface area (Å²) < 4.78 is 53.6. The van der Waals surface area contributed by atoms with Gasteiger partial charge in [0.25, 0.3) is 5.89 Å². The zero-order chi connectivity index (χ0) is 26.8. The molecule has 0 radical (unpaired) electrons. The van der Waals surface area contributed by atoms with E-state index in [1.54, 1.807) is 6.08 Å². The van der Waals surface area contributed by atoms with E-state index < -0.39 is 29.8 Å². The Balaban J connectivity index is 1.58. The lowest BCUT2D eigenvalue weighted by Gasteiger charge is -2.23. The third kappa shape index (κ3) is 9.10. The van der Waals surface area contributed by atoms with Gasteiger partial charge in [0.05, 0.1) is 11.6 Å². The molecule has 0 aliphatic carbocycles. The molecule has 196 valence electrons. The first-order valence-corrected chi connectivity index (χ1v) is 11.4. The lowest BCUT2D eigenvalue weighted by Crippen LogP contribution is -2.44. The number of amides is 1. The first kappa shape index (κ1) is 27.4. The van der Waals surface area contributed by atoms with Crippen LogP contribution in [0.25, 0.3) is 12.2 Å². The van der Waals surface area contributed by atoms with E-state index in [0.29, 0.717) is 11.4 Å². The zero-order valence-corrected chi connectivity index (χ0v) is 20.2. The van der Waals surface area contributed by atoms with Crippen molar-refractivity contribution >= 4 is 24.2 Å². The molecular weight excluding hydrogens is 491 g/mol. The van der Waals surface area contributed by atoms with Gasteiger partial charge in [0.1, 0.15) is 13.2 Å². The number of nitrogens with one attached hydrogen (secondary N) is 1. The summed E-state index contributed by atoms with van der Waals surface area (Å²) in [5.41, 5.74) is 0.617. The minimum absolute atomic E-state index is 0.0739. The van der Waals surface area contributed by atoms with Crippen molar-refractivity contribution in [1.82, 2.24) is 15.5 Å². The Hall–Kier alpha value is -4.15. The summed E-state index contributed by atoms with van der Waals surface area (Å²) in [5.74, 6) is -0.263. The van der Waals surface area contributed by atoms with Crippen LogP contribution >= 0.6 is 0 Å². The molecule has 0 saturated heterocycles. The Morgan fingerprint density at radius 3 is 2.41 bits per heavy atom. The molecule has 0 bridgehead atoms. The largest absolute Gasteiger partial charge is 0.464 e. The van der Waals surface area contributed by atoms with Gasteiger partial charge in [-0.15, -0.1) is 0 Å². The average molecular weight is 518 g/mol. The van der Waals surface area contributed by atoms with Crippen LogP contribution in [-0.4, -0.2) is 34.9 Å². The number of carbonyl (C=O) groups is 2. The van der Waals surface area contributed by atoms with Gasteiger partial charge in [0.2, 0.25) is 0 Å². The van der Waals surface area contributed by atoms with E-state index in [4.69, 9.17) is 14.0 Å². The number of aromatic nitrogens is 2. The van der Waals surface area contributed by atoms with E-state index in [1.165, 1.54) is 25.1 Å². The van der Waals surface area contributed by atoms with Gasteiger partial charge in [-0.3, -0.25) is 4.79 Å². The number of hydrogen-bond acceptors (Lipinski definition) is 7. The molecule has 3 rings (SSSR count). The number of esters is 1. The molecule has 11 heteroatoms. The topological polar surface area (TPSA) is 104 Å². The van der Waals surface area contributed by atoms with Crippen LogP contribution in [0.5, 0.6) is 0 Å². The minimum atomic E-state index is -4.40. The van der Waals surface area contributed by atoms with Crippen molar-refractivity contribution in [2.24, 2.45) is 5.92 Å². The summed E-state index contributed by atoms with van der Waals surface area (Å²) in [6, 6.07) is 13.2. The number of halogens is 3. The maximum atomic E-state index is 12.7. The van der Waals surface area contributed by atoms with Crippen LogP contribution in [0, 0.1) is 5.92 Å². The number of carbonyl (C=O) groups excluding carboxylic acids is 2. The summed E-state index contributed by atoms with van der Waals surface area (Å²) in [6.45, 7) is 3.10. The lowest BCUT2D eigenvalue weighted by atomic mass is 9.98. The lowest BCUT2D eigenvalue weighted by molar-refractivity contribution is -0.142. The Labute approximate surface area is 211 Å². The second kappa shape index (κ2) is 12.7. The number of benzene rings is 2. The van der Waals surface area contributed by atoms with Crippen molar-refractivity contribution in [2.75, 3.05) is 6.61 Å². The van der Waals surface area contributed by atoms with E-state index in [2.05, 4.69) is 15.5 Å². The summed E-state index contributed by atoms with van der Waals surface area (Å²) in [7, 11) is 0. The second-order valence-electron chi connectivity index (χ2n) is 8.30. The fourth-order valence-corrected chi connectivity index (χ4v) is 3.27. The third-order valence-corrected chi connectivity index (χ3v) is 5.31. The van der Waals surface area contributed by atoms with Gasteiger partial charge in [-0.2, -0.15) is 18.2 Å². The first-order valence-electron chi connectivity index (χ1n) is 11.4. The van der Waals surface area contributed by atoms with Crippen molar-refractivity contribution in [2.45, 2.75) is 39.1 Å². The Kier molecular flexibility index (Phi) is 9.42. The standard InChI is InChI=1S/C26H26F3N3O5/c1-17(22(16-35-18(2)33)30-25(34)36-15-20-6-4-3-5-7-20)14-23-31-24(37-32-23)13-10-19-8-11-21(12-9-19)26(27,28)29/h3-13,17,22H,14-16H2,1-2H3,(H,30,34). The quantitative estimate of drug-likeness (QED) is 0.364. The molecule has 2 atom stereocenters. The minimum Gasteiger partial charge on any atom is -0.464 e. The van der Waals surface area contributed by atoms with Crippen molar-refractivity contribution in [3.8, 4) is 0 Å². The van der Waals surface area contributed by atoms with Crippen LogP contribution in [0.3, 0.4) is 0 Å². The van der Waals surface area contributed by atoms with Crippen LogP contribution in [0.2, 0.25) is 0 Å². The molecule has 0 spiro atoms. The van der Waals surface area contributed by atoms with Gasteiger partial charge in [0.15, 0.2) is 5.82 Å². The number of ether oxygens (including phenoxy) is 2. The normalized spacial score (nSPS) is 13.2. The monoisotopic (exact) mass is 517 g/mol. The molecule has 1 heterocycles. The fraction of sp³-hybridized carbons (Fsp3) is 0.308. The zero-order valence-electron chi connectivity index (χ0n) is 20.2. The van der Waals surface area contributed by atoms with E-state index in [0.717, 1.165) is 17.7 Å². The fourth-order valence-electron chi connectivity index (χ4n) is 3.27. The van der Waals surface area contributed by atoms with Crippen molar-refractivity contribution in [1.29, 1.82) is 0 Å². The number of alkyl halides is 3. The van der Waals surface area contributed by atoms with E-state index in [1.807, 2.05) is 37.3 Å². The second-order valence-corrected chi connectivity index (χ2v) is 8.30. The molecule has 8 nitrogen and oxygen atoms in total. The highest BCUT2D eigenvalue weighted by Crippen LogP contribution is 2.29. The van der Waals surface area contributed by atoms with Crippen molar-refractivity contribution in [3.63, 3.8) is 0 Å². The summed E-state index contributed by atoms with van der Waals surface area (Å²) >= 11 is 0. The molecule has 1 aromatic heterocycles. The van der Waals surface area contributed by atoms with Crippen molar-refractivity contribution < 1.29 is 36.8 Å². The third-order valence-electron chi connectivity index (χ3n) is 5.31. The maximum absolute atomic E-state index is 12.7. The highest BCUT2D eigenvalue weighted by atomic mass is 19.4. The van der Waals surface area contributed by atoms with Crippen LogP contribution < -0.4 is 5.32 Å². The van der Waals surface area contributed by atoms with Crippen molar-refractivity contribution in [3.05, 3.63) is 83.0 Å². The SMILES string of the molecule is CC(=O)OCC(NC(=O)OCc1ccccc1)C(C)Cc1noc(C=Cc2ccc(C(F)(F)F)cc2)n1. The average Bonchev–Trinajstić information content (AvgIpc) is 3.31. The van der Waals surface area contributed by atoms with E-state index in [-0.39, 0.29) is 31.4 Å². The highest BCUT2D eigenvalue weighted by molar-refractivity contribution is 5.68.